The van der Waals surface area contributed by atoms with Gasteiger partial charge >= 0.3 is 0 Å². The molecule has 1 aromatic heterocycles. The summed E-state index contributed by atoms with van der Waals surface area (Å²) in [5.74, 6) is 1.29. The van der Waals surface area contributed by atoms with Crippen molar-refractivity contribution in [2.45, 2.75) is 44.9 Å². The van der Waals surface area contributed by atoms with Crippen molar-refractivity contribution >= 4 is 17.3 Å². The fourth-order valence-electron chi connectivity index (χ4n) is 3.21. The molecule has 0 aliphatic carbocycles. The summed E-state index contributed by atoms with van der Waals surface area (Å²) < 4.78 is 11.4. The SMILES string of the molecule is CN=C(NCc1cccc(COC2CCOCC2)c1)NCC(C)c1cccs1. The van der Waals surface area contributed by atoms with E-state index < -0.39 is 0 Å². The van der Waals surface area contributed by atoms with Gasteiger partial charge in [0.25, 0.3) is 0 Å². The van der Waals surface area contributed by atoms with Gasteiger partial charge in [-0.25, -0.2) is 0 Å². The number of rotatable bonds is 8. The van der Waals surface area contributed by atoms with E-state index in [1.807, 2.05) is 7.05 Å². The molecule has 152 valence electrons. The first-order chi connectivity index (χ1) is 13.7. The lowest BCUT2D eigenvalue weighted by atomic mass is 10.1. The molecule has 2 N–H and O–H groups in total. The molecule has 3 rings (SSSR count). The maximum Gasteiger partial charge on any atom is 0.191 e. The first-order valence-corrected chi connectivity index (χ1v) is 10.9. The van der Waals surface area contributed by atoms with Crippen molar-refractivity contribution < 1.29 is 9.47 Å². The Morgan fingerprint density at radius 3 is 2.79 bits per heavy atom. The molecule has 1 saturated heterocycles. The number of guanidine groups is 1. The maximum absolute atomic E-state index is 6.04. The van der Waals surface area contributed by atoms with Gasteiger partial charge in [-0.3, -0.25) is 4.99 Å². The van der Waals surface area contributed by atoms with Crippen molar-refractivity contribution in [3.05, 3.63) is 57.8 Å². The fraction of sp³-hybridized carbons (Fsp3) is 0.500. The predicted molar refractivity (Wildman–Crippen MR) is 116 cm³/mol. The lowest BCUT2D eigenvalue weighted by molar-refractivity contribution is -0.0390. The number of nitrogens with one attached hydrogen (secondary N) is 2. The van der Waals surface area contributed by atoms with Gasteiger partial charge in [-0.2, -0.15) is 0 Å². The first kappa shape index (κ1) is 20.8. The van der Waals surface area contributed by atoms with Crippen LogP contribution in [0.15, 0.2) is 46.8 Å². The molecule has 2 heterocycles. The lowest BCUT2D eigenvalue weighted by Crippen LogP contribution is -2.38. The zero-order valence-corrected chi connectivity index (χ0v) is 17.6. The van der Waals surface area contributed by atoms with Crippen LogP contribution in [0, 0.1) is 0 Å². The summed E-state index contributed by atoms with van der Waals surface area (Å²) in [6, 6.07) is 12.8. The van der Waals surface area contributed by atoms with Crippen LogP contribution >= 0.6 is 11.3 Å². The van der Waals surface area contributed by atoms with E-state index >= 15 is 0 Å². The summed E-state index contributed by atoms with van der Waals surface area (Å²) in [5.41, 5.74) is 2.43. The number of hydrogen-bond acceptors (Lipinski definition) is 4. The second kappa shape index (κ2) is 11.2. The third kappa shape index (κ3) is 6.62. The Morgan fingerprint density at radius 1 is 1.21 bits per heavy atom. The number of ether oxygens (including phenoxy) is 2. The van der Waals surface area contributed by atoms with Crippen molar-refractivity contribution in [2.24, 2.45) is 4.99 Å². The van der Waals surface area contributed by atoms with Crippen molar-refractivity contribution in [1.82, 2.24) is 10.6 Å². The van der Waals surface area contributed by atoms with Gasteiger partial charge in [0.1, 0.15) is 0 Å². The van der Waals surface area contributed by atoms with E-state index in [4.69, 9.17) is 9.47 Å². The topological polar surface area (TPSA) is 54.9 Å². The molecule has 0 radical (unpaired) electrons. The van der Waals surface area contributed by atoms with E-state index in [0.29, 0.717) is 18.6 Å². The normalized spacial score (nSPS) is 16.7. The Labute approximate surface area is 172 Å². The Bertz CT molecular complexity index is 727. The average Bonchev–Trinajstić information content (AvgIpc) is 3.28. The van der Waals surface area contributed by atoms with Crippen molar-refractivity contribution in [3.8, 4) is 0 Å². The lowest BCUT2D eigenvalue weighted by Gasteiger charge is -2.22. The van der Waals surface area contributed by atoms with Gasteiger partial charge in [0.05, 0.1) is 12.7 Å². The van der Waals surface area contributed by atoms with Gasteiger partial charge in [0.2, 0.25) is 0 Å². The van der Waals surface area contributed by atoms with E-state index in [-0.39, 0.29) is 0 Å². The number of benzene rings is 1. The van der Waals surface area contributed by atoms with Gasteiger partial charge < -0.3 is 20.1 Å². The zero-order valence-electron chi connectivity index (χ0n) is 16.8. The monoisotopic (exact) mass is 401 g/mol. The molecule has 1 atom stereocenters. The first-order valence-electron chi connectivity index (χ1n) is 9.99. The van der Waals surface area contributed by atoms with Gasteiger partial charge in [-0.05, 0) is 35.4 Å². The maximum atomic E-state index is 6.04. The van der Waals surface area contributed by atoms with Crippen LogP contribution in [0.1, 0.15) is 41.7 Å². The molecule has 1 unspecified atom stereocenters. The Kier molecular flexibility index (Phi) is 8.33. The predicted octanol–water partition coefficient (Wildman–Crippen LogP) is 3.91. The van der Waals surface area contributed by atoms with Crippen LogP contribution in [0.3, 0.4) is 0 Å². The molecule has 1 aliphatic heterocycles. The third-order valence-corrected chi connectivity index (χ3v) is 6.04. The van der Waals surface area contributed by atoms with Crippen LogP contribution in [0.25, 0.3) is 0 Å². The summed E-state index contributed by atoms with van der Waals surface area (Å²) in [6.07, 6.45) is 2.31. The van der Waals surface area contributed by atoms with E-state index in [2.05, 4.69) is 64.3 Å². The van der Waals surface area contributed by atoms with Gasteiger partial charge in [0.15, 0.2) is 5.96 Å². The molecule has 1 fully saturated rings. The fourth-order valence-corrected chi connectivity index (χ4v) is 4.00. The largest absolute Gasteiger partial charge is 0.381 e. The minimum Gasteiger partial charge on any atom is -0.381 e. The molecule has 1 aromatic carbocycles. The van der Waals surface area contributed by atoms with Crippen LogP contribution in [-0.2, 0) is 22.6 Å². The molecule has 0 spiro atoms. The van der Waals surface area contributed by atoms with Crippen LogP contribution in [0.2, 0.25) is 0 Å². The summed E-state index contributed by atoms with van der Waals surface area (Å²) in [5, 5.41) is 8.95. The second-order valence-corrected chi connectivity index (χ2v) is 8.15. The zero-order chi connectivity index (χ0) is 19.6. The van der Waals surface area contributed by atoms with Crippen molar-refractivity contribution in [3.63, 3.8) is 0 Å². The van der Waals surface area contributed by atoms with Crippen LogP contribution in [0.5, 0.6) is 0 Å². The quantitative estimate of drug-likeness (QED) is 0.520. The number of nitrogens with zero attached hydrogens (tertiary/aromatic N) is 1. The Morgan fingerprint density at radius 2 is 2.04 bits per heavy atom. The molecular formula is C22H31N3O2S. The van der Waals surface area contributed by atoms with Crippen LogP contribution in [-0.4, -0.2) is 38.9 Å². The minimum absolute atomic E-state index is 0.323. The summed E-state index contributed by atoms with van der Waals surface area (Å²) in [4.78, 5) is 5.73. The molecule has 6 heteroatoms. The smallest absolute Gasteiger partial charge is 0.191 e. The molecule has 0 bridgehead atoms. The number of aliphatic imine (C=N–C) groups is 1. The molecule has 28 heavy (non-hydrogen) atoms. The van der Waals surface area contributed by atoms with E-state index in [1.54, 1.807) is 11.3 Å². The summed E-state index contributed by atoms with van der Waals surface area (Å²) >= 11 is 1.80. The highest BCUT2D eigenvalue weighted by Crippen LogP contribution is 2.19. The summed E-state index contributed by atoms with van der Waals surface area (Å²) in [7, 11) is 1.81. The Hall–Kier alpha value is -1.89. The number of hydrogen-bond donors (Lipinski definition) is 2. The van der Waals surface area contributed by atoms with Gasteiger partial charge in [-0.1, -0.05) is 37.3 Å². The van der Waals surface area contributed by atoms with Crippen LogP contribution < -0.4 is 10.6 Å². The molecular weight excluding hydrogens is 370 g/mol. The Balaban J connectivity index is 1.43. The van der Waals surface area contributed by atoms with E-state index in [9.17, 15) is 0 Å². The molecule has 2 aromatic rings. The van der Waals surface area contributed by atoms with E-state index in [1.165, 1.54) is 16.0 Å². The molecule has 5 nitrogen and oxygen atoms in total. The van der Waals surface area contributed by atoms with E-state index in [0.717, 1.165) is 45.1 Å². The standard InChI is InChI=1S/C22H31N3O2S/c1-17(21-7-4-12-28-21)14-24-22(23-2)25-15-18-5-3-6-19(13-18)16-27-20-8-10-26-11-9-20/h3-7,12-13,17,20H,8-11,14-16H2,1-2H3,(H2,23,24,25). The van der Waals surface area contributed by atoms with Gasteiger partial charge in [-0.15, -0.1) is 11.3 Å². The van der Waals surface area contributed by atoms with Gasteiger partial charge in [0, 0.05) is 44.1 Å². The molecule has 0 saturated carbocycles. The van der Waals surface area contributed by atoms with Crippen molar-refractivity contribution in [2.75, 3.05) is 26.8 Å². The van der Waals surface area contributed by atoms with Crippen LogP contribution in [0.4, 0.5) is 0 Å². The highest BCUT2D eigenvalue weighted by Gasteiger charge is 2.14. The highest BCUT2D eigenvalue weighted by molar-refractivity contribution is 7.10. The number of thiophene rings is 1. The highest BCUT2D eigenvalue weighted by atomic mass is 32.1. The molecule has 1 aliphatic rings. The minimum atomic E-state index is 0.323. The average molecular weight is 402 g/mol. The summed E-state index contributed by atoms with van der Waals surface area (Å²) in [6.45, 7) is 6.10. The van der Waals surface area contributed by atoms with Crippen molar-refractivity contribution in [1.29, 1.82) is 0 Å². The molecule has 0 amide bonds. The second-order valence-electron chi connectivity index (χ2n) is 7.17. The third-order valence-electron chi connectivity index (χ3n) is 4.93.